The second-order valence-corrected chi connectivity index (χ2v) is 9.67. The molecule has 4 aromatic carbocycles. The quantitative estimate of drug-likeness (QED) is 0.177. The van der Waals surface area contributed by atoms with Gasteiger partial charge < -0.3 is 18.5 Å². The monoisotopic (exact) mass is 555 g/mol. The van der Waals surface area contributed by atoms with Gasteiger partial charge in [0.2, 0.25) is 5.88 Å². The first-order valence-corrected chi connectivity index (χ1v) is 13.3. The normalized spacial score (nSPS) is 11.2. The maximum absolute atomic E-state index is 13.5. The van der Waals surface area contributed by atoms with E-state index in [0.29, 0.717) is 34.9 Å². The number of aliphatic imine (C=N–C) groups is 1. The van der Waals surface area contributed by atoms with Crippen molar-refractivity contribution in [3.63, 3.8) is 0 Å². The Morgan fingerprint density at radius 3 is 2.14 bits per heavy atom. The van der Waals surface area contributed by atoms with Crippen LogP contribution in [-0.2, 0) is 6.54 Å². The van der Waals surface area contributed by atoms with E-state index < -0.39 is 0 Å². The molecule has 0 radical (unpaired) electrons. The number of hydrogen-bond donors (Lipinski definition) is 0. The van der Waals surface area contributed by atoms with Crippen LogP contribution >= 0.6 is 0 Å². The molecule has 0 saturated carbocycles. The molecule has 2 aromatic heterocycles. The first-order valence-electron chi connectivity index (χ1n) is 13.3. The van der Waals surface area contributed by atoms with Crippen LogP contribution in [0.1, 0.15) is 16.7 Å². The summed E-state index contributed by atoms with van der Waals surface area (Å²) in [5.41, 5.74) is 5.43. The summed E-state index contributed by atoms with van der Waals surface area (Å²) in [7, 11) is 3.22. The van der Waals surface area contributed by atoms with Crippen LogP contribution in [0, 0.1) is 17.1 Å². The third-order valence-corrected chi connectivity index (χ3v) is 7.14. The van der Waals surface area contributed by atoms with Crippen LogP contribution in [0.5, 0.6) is 11.5 Å². The fourth-order valence-electron chi connectivity index (χ4n) is 5.02. The van der Waals surface area contributed by atoms with E-state index in [1.54, 1.807) is 32.6 Å². The van der Waals surface area contributed by atoms with Gasteiger partial charge in [0, 0.05) is 46.5 Å². The standard InChI is InChI=1S/C35H26FN3O3/c1-40-28-15-9-24(10-16-28)33-31(19-37)35(42-34(33)25-11-17-29(41-2)18-12-25)38-20-26-22-39(32-6-4-3-5-30(26)32)21-23-7-13-27(36)14-8-23/h3-18,20,22H,21H2,1-2H3. The minimum Gasteiger partial charge on any atom is -0.497 e. The Bertz CT molecular complexity index is 1930. The van der Waals surface area contributed by atoms with E-state index in [0.717, 1.165) is 33.2 Å². The van der Waals surface area contributed by atoms with Crippen LogP contribution in [0.25, 0.3) is 33.4 Å². The fraction of sp³-hybridized carbons (Fsp3) is 0.0857. The first-order chi connectivity index (χ1) is 20.6. The van der Waals surface area contributed by atoms with Crippen molar-refractivity contribution in [1.82, 2.24) is 4.57 Å². The molecule has 0 spiro atoms. The largest absolute Gasteiger partial charge is 0.497 e. The predicted octanol–water partition coefficient (Wildman–Crippen LogP) is 8.40. The highest BCUT2D eigenvalue weighted by Gasteiger charge is 2.23. The average Bonchev–Trinajstić information content (AvgIpc) is 3.59. The lowest BCUT2D eigenvalue weighted by atomic mass is 9.98. The highest BCUT2D eigenvalue weighted by atomic mass is 19.1. The molecule has 0 aliphatic carbocycles. The second-order valence-electron chi connectivity index (χ2n) is 9.67. The van der Waals surface area contributed by atoms with Crippen molar-refractivity contribution in [3.05, 3.63) is 126 Å². The van der Waals surface area contributed by atoms with Crippen LogP contribution < -0.4 is 9.47 Å². The lowest BCUT2D eigenvalue weighted by Gasteiger charge is -2.06. The van der Waals surface area contributed by atoms with Gasteiger partial charge in [-0.1, -0.05) is 42.5 Å². The van der Waals surface area contributed by atoms with Gasteiger partial charge in [-0.05, 0) is 65.7 Å². The highest BCUT2D eigenvalue weighted by molar-refractivity contribution is 6.00. The van der Waals surface area contributed by atoms with E-state index in [4.69, 9.17) is 18.9 Å². The molecule has 0 saturated heterocycles. The maximum atomic E-state index is 13.5. The minimum absolute atomic E-state index is 0.213. The number of hydrogen-bond acceptors (Lipinski definition) is 5. The number of aromatic nitrogens is 1. The summed E-state index contributed by atoms with van der Waals surface area (Å²) in [6.45, 7) is 0.571. The van der Waals surface area contributed by atoms with Crippen LogP contribution in [0.15, 0.2) is 113 Å². The number of rotatable bonds is 8. The number of nitriles is 1. The average molecular weight is 556 g/mol. The second kappa shape index (κ2) is 11.5. The molecule has 7 heteroatoms. The number of benzene rings is 4. The maximum Gasteiger partial charge on any atom is 0.238 e. The summed E-state index contributed by atoms with van der Waals surface area (Å²) in [5.74, 6) is 1.91. The zero-order valence-electron chi connectivity index (χ0n) is 23.0. The minimum atomic E-state index is -0.265. The van der Waals surface area contributed by atoms with E-state index in [1.165, 1.54) is 12.1 Å². The number of fused-ring (bicyclic) bond motifs is 1. The molecule has 0 bridgehead atoms. The number of ether oxygens (including phenoxy) is 2. The van der Waals surface area contributed by atoms with E-state index in [9.17, 15) is 9.65 Å². The Labute approximate surface area is 242 Å². The van der Waals surface area contributed by atoms with Gasteiger partial charge in [0.25, 0.3) is 0 Å². The summed E-state index contributed by atoms with van der Waals surface area (Å²) >= 11 is 0. The van der Waals surface area contributed by atoms with E-state index in [1.807, 2.05) is 79.0 Å². The van der Waals surface area contributed by atoms with E-state index in [2.05, 4.69) is 10.6 Å². The van der Waals surface area contributed by atoms with Gasteiger partial charge in [-0.15, -0.1) is 0 Å². The van der Waals surface area contributed by atoms with Crippen molar-refractivity contribution in [3.8, 4) is 40.0 Å². The molecule has 0 amide bonds. The van der Waals surface area contributed by atoms with Crippen molar-refractivity contribution in [2.24, 2.45) is 4.99 Å². The Hall–Kier alpha value is -5.61. The topological polar surface area (TPSA) is 72.7 Å². The van der Waals surface area contributed by atoms with Crippen LogP contribution in [0.3, 0.4) is 0 Å². The molecule has 2 heterocycles. The first kappa shape index (κ1) is 26.6. The van der Waals surface area contributed by atoms with Crippen LogP contribution in [0.4, 0.5) is 10.3 Å². The molecule has 0 unspecified atom stereocenters. The molecule has 6 rings (SSSR count). The molecule has 0 N–H and O–H groups in total. The lowest BCUT2D eigenvalue weighted by Crippen LogP contribution is -1.97. The molecule has 206 valence electrons. The number of para-hydroxylation sites is 1. The summed E-state index contributed by atoms with van der Waals surface area (Å²) in [5, 5.41) is 11.3. The molecule has 0 fully saturated rings. The van der Waals surface area contributed by atoms with Gasteiger partial charge >= 0.3 is 0 Å². The number of halogens is 1. The molecule has 42 heavy (non-hydrogen) atoms. The Morgan fingerprint density at radius 1 is 0.857 bits per heavy atom. The Morgan fingerprint density at radius 2 is 1.50 bits per heavy atom. The smallest absolute Gasteiger partial charge is 0.238 e. The van der Waals surface area contributed by atoms with Crippen molar-refractivity contribution >= 4 is 23.0 Å². The van der Waals surface area contributed by atoms with Gasteiger partial charge in [0.15, 0.2) is 0 Å². The summed E-state index contributed by atoms with van der Waals surface area (Å²) in [6, 6.07) is 31.8. The van der Waals surface area contributed by atoms with Crippen molar-refractivity contribution in [1.29, 1.82) is 5.26 Å². The van der Waals surface area contributed by atoms with Crippen molar-refractivity contribution in [2.75, 3.05) is 14.2 Å². The van der Waals surface area contributed by atoms with Crippen molar-refractivity contribution < 1.29 is 18.3 Å². The van der Waals surface area contributed by atoms with Crippen LogP contribution in [-0.4, -0.2) is 25.0 Å². The zero-order chi connectivity index (χ0) is 29.1. The predicted molar refractivity (Wildman–Crippen MR) is 162 cm³/mol. The molecule has 0 aliphatic rings. The van der Waals surface area contributed by atoms with Gasteiger partial charge in [-0.2, -0.15) is 5.26 Å². The molecule has 0 aliphatic heterocycles. The molecule has 6 aromatic rings. The van der Waals surface area contributed by atoms with Gasteiger partial charge in [0.05, 0.1) is 14.2 Å². The summed E-state index contributed by atoms with van der Waals surface area (Å²) < 4.78 is 32.5. The third-order valence-electron chi connectivity index (χ3n) is 7.14. The fourth-order valence-corrected chi connectivity index (χ4v) is 5.02. The van der Waals surface area contributed by atoms with Gasteiger partial charge in [-0.25, -0.2) is 9.38 Å². The lowest BCUT2D eigenvalue weighted by molar-refractivity contribution is 0.414. The van der Waals surface area contributed by atoms with Crippen molar-refractivity contribution in [2.45, 2.75) is 6.54 Å². The van der Waals surface area contributed by atoms with Crippen LogP contribution in [0.2, 0.25) is 0 Å². The Balaban J connectivity index is 1.44. The summed E-state index contributed by atoms with van der Waals surface area (Å²) in [6.07, 6.45) is 3.72. The SMILES string of the molecule is COc1ccc(-c2oc(N=Cc3cn(Cc4ccc(F)cc4)c4ccccc34)c(C#N)c2-c2ccc(OC)cc2)cc1. The molecule has 0 atom stereocenters. The number of methoxy groups -OCH3 is 2. The Kier molecular flexibility index (Phi) is 7.27. The molecule has 6 nitrogen and oxygen atoms in total. The van der Waals surface area contributed by atoms with E-state index in [-0.39, 0.29) is 11.7 Å². The molecular formula is C35H26FN3O3. The van der Waals surface area contributed by atoms with Gasteiger partial charge in [0.1, 0.15) is 34.7 Å². The van der Waals surface area contributed by atoms with E-state index >= 15 is 0 Å². The number of nitrogens with zero attached hydrogens (tertiary/aromatic N) is 3. The summed E-state index contributed by atoms with van der Waals surface area (Å²) in [4.78, 5) is 4.70. The van der Waals surface area contributed by atoms with Gasteiger partial charge in [-0.3, -0.25) is 0 Å². The zero-order valence-corrected chi connectivity index (χ0v) is 23.0. The third kappa shape index (κ3) is 5.14. The number of furan rings is 1. The molecular weight excluding hydrogens is 529 g/mol. The highest BCUT2D eigenvalue weighted by Crippen LogP contribution is 2.43.